The van der Waals surface area contributed by atoms with E-state index in [0.29, 0.717) is 18.0 Å². The number of carbonyl (C=O) groups excluding carboxylic acids is 2. The van der Waals surface area contributed by atoms with E-state index in [-0.39, 0.29) is 17.9 Å². The van der Waals surface area contributed by atoms with Crippen LogP contribution in [0.1, 0.15) is 48.2 Å². The summed E-state index contributed by atoms with van der Waals surface area (Å²) in [7, 11) is 0. The number of hydrogen-bond acceptors (Lipinski definition) is 6. The quantitative estimate of drug-likeness (QED) is 0.735. The minimum Gasteiger partial charge on any atom is -0.352 e. The number of nitrogens with zero attached hydrogens (tertiary/aromatic N) is 4. The summed E-state index contributed by atoms with van der Waals surface area (Å²) in [6.45, 7) is 4.37. The van der Waals surface area contributed by atoms with Crippen LogP contribution in [-0.4, -0.2) is 63.4 Å². The van der Waals surface area contributed by atoms with E-state index in [1.54, 1.807) is 5.38 Å². The molecule has 2 aromatic rings. The molecule has 1 aromatic carbocycles. The predicted octanol–water partition coefficient (Wildman–Crippen LogP) is 2.56. The van der Waals surface area contributed by atoms with Gasteiger partial charge in [0, 0.05) is 50.6 Å². The first-order valence-corrected chi connectivity index (χ1v) is 11.6. The lowest BCUT2D eigenvalue weighted by Gasteiger charge is -2.31. The fourth-order valence-electron chi connectivity index (χ4n) is 4.42. The molecule has 2 saturated heterocycles. The molecule has 1 atom stereocenters. The first kappa shape index (κ1) is 20.9. The van der Waals surface area contributed by atoms with Crippen molar-refractivity contribution in [3.63, 3.8) is 0 Å². The van der Waals surface area contributed by atoms with Crippen molar-refractivity contribution in [1.29, 1.82) is 0 Å². The standard InChI is InChI=1S/C22H29N5O2S/c28-21(23-19-10-11-26(15-19)14-18-4-2-1-3-5-18)7-6-17-8-12-27(13-9-17)22(29)20-16-30-25-24-20/h1-5,16-17,19H,6-15H2,(H,23,28)/t19-/m1/s1. The smallest absolute Gasteiger partial charge is 0.275 e. The molecule has 0 aliphatic carbocycles. The van der Waals surface area contributed by atoms with Crippen LogP contribution in [-0.2, 0) is 11.3 Å². The molecule has 0 spiro atoms. The maximum atomic E-state index is 12.4. The van der Waals surface area contributed by atoms with Crippen molar-refractivity contribution in [2.45, 2.75) is 44.7 Å². The molecule has 2 amide bonds. The third-order valence-electron chi connectivity index (χ3n) is 6.15. The molecule has 0 radical (unpaired) electrons. The predicted molar refractivity (Wildman–Crippen MR) is 116 cm³/mol. The topological polar surface area (TPSA) is 78.4 Å². The Morgan fingerprint density at radius 3 is 2.63 bits per heavy atom. The van der Waals surface area contributed by atoms with Gasteiger partial charge in [-0.15, -0.1) is 5.10 Å². The molecule has 4 rings (SSSR count). The van der Waals surface area contributed by atoms with Crippen LogP contribution < -0.4 is 5.32 Å². The second kappa shape index (κ2) is 10.1. The zero-order chi connectivity index (χ0) is 20.8. The van der Waals surface area contributed by atoms with Crippen molar-refractivity contribution in [2.24, 2.45) is 5.92 Å². The molecule has 160 valence electrons. The van der Waals surface area contributed by atoms with Gasteiger partial charge in [0.15, 0.2) is 5.69 Å². The third-order valence-corrected chi connectivity index (χ3v) is 6.65. The Morgan fingerprint density at radius 2 is 1.90 bits per heavy atom. The molecule has 2 aliphatic rings. The van der Waals surface area contributed by atoms with Crippen molar-refractivity contribution >= 4 is 23.3 Å². The molecule has 1 N–H and O–H groups in total. The Labute approximate surface area is 181 Å². The van der Waals surface area contributed by atoms with Gasteiger partial charge in [-0.3, -0.25) is 14.5 Å². The normalized spacial score (nSPS) is 20.4. The maximum absolute atomic E-state index is 12.4. The summed E-state index contributed by atoms with van der Waals surface area (Å²) in [5.41, 5.74) is 1.76. The van der Waals surface area contributed by atoms with Crippen molar-refractivity contribution in [1.82, 2.24) is 24.7 Å². The van der Waals surface area contributed by atoms with E-state index in [0.717, 1.165) is 58.4 Å². The summed E-state index contributed by atoms with van der Waals surface area (Å²) < 4.78 is 3.77. The summed E-state index contributed by atoms with van der Waals surface area (Å²) in [4.78, 5) is 29.0. The Kier molecular flexibility index (Phi) is 7.07. The number of likely N-dealkylation sites (tertiary alicyclic amines) is 2. The molecule has 0 bridgehead atoms. The van der Waals surface area contributed by atoms with Gasteiger partial charge in [-0.2, -0.15) is 0 Å². The minimum atomic E-state index is -0.0266. The van der Waals surface area contributed by atoms with Gasteiger partial charge in [0.1, 0.15) is 0 Å². The van der Waals surface area contributed by atoms with Gasteiger partial charge in [0.25, 0.3) is 5.91 Å². The van der Waals surface area contributed by atoms with E-state index in [2.05, 4.69) is 44.1 Å². The zero-order valence-electron chi connectivity index (χ0n) is 17.2. The van der Waals surface area contributed by atoms with Gasteiger partial charge in [0.2, 0.25) is 5.91 Å². The van der Waals surface area contributed by atoms with Crippen LogP contribution in [0.2, 0.25) is 0 Å². The summed E-state index contributed by atoms with van der Waals surface area (Å²) >= 11 is 1.20. The van der Waals surface area contributed by atoms with Gasteiger partial charge in [-0.1, -0.05) is 34.8 Å². The van der Waals surface area contributed by atoms with Crippen LogP contribution in [0, 0.1) is 5.92 Å². The van der Waals surface area contributed by atoms with Crippen LogP contribution in [0.5, 0.6) is 0 Å². The molecule has 2 fully saturated rings. The lowest BCUT2D eigenvalue weighted by atomic mass is 9.92. The molecule has 1 aromatic heterocycles. The van der Waals surface area contributed by atoms with E-state index < -0.39 is 0 Å². The number of rotatable bonds is 7. The van der Waals surface area contributed by atoms with Gasteiger partial charge in [-0.05, 0) is 48.7 Å². The van der Waals surface area contributed by atoms with E-state index in [9.17, 15) is 9.59 Å². The molecular formula is C22H29N5O2S. The molecular weight excluding hydrogens is 398 g/mol. The summed E-state index contributed by atoms with van der Waals surface area (Å²) in [6.07, 6.45) is 4.39. The van der Waals surface area contributed by atoms with E-state index in [4.69, 9.17) is 0 Å². The summed E-state index contributed by atoms with van der Waals surface area (Å²) in [6, 6.07) is 10.7. The average molecular weight is 428 g/mol. The SMILES string of the molecule is O=C(CCC1CCN(C(=O)c2csnn2)CC1)N[C@@H]1CCN(Cc2ccccc2)C1. The fraction of sp³-hybridized carbons (Fsp3) is 0.545. The van der Waals surface area contributed by atoms with Crippen LogP contribution >= 0.6 is 11.5 Å². The molecule has 0 unspecified atom stereocenters. The lowest BCUT2D eigenvalue weighted by molar-refractivity contribution is -0.122. The molecule has 2 aliphatic heterocycles. The number of amides is 2. The Morgan fingerprint density at radius 1 is 1.10 bits per heavy atom. The lowest BCUT2D eigenvalue weighted by Crippen LogP contribution is -2.39. The second-order valence-electron chi connectivity index (χ2n) is 8.34. The molecule has 0 saturated carbocycles. The molecule has 30 heavy (non-hydrogen) atoms. The summed E-state index contributed by atoms with van der Waals surface area (Å²) in [5.74, 6) is 0.640. The van der Waals surface area contributed by atoms with Gasteiger partial charge < -0.3 is 10.2 Å². The highest BCUT2D eigenvalue weighted by Crippen LogP contribution is 2.23. The van der Waals surface area contributed by atoms with Crippen LogP contribution in [0.15, 0.2) is 35.7 Å². The van der Waals surface area contributed by atoms with Crippen LogP contribution in [0.3, 0.4) is 0 Å². The number of nitrogens with one attached hydrogen (secondary N) is 1. The monoisotopic (exact) mass is 427 g/mol. The highest BCUT2D eigenvalue weighted by Gasteiger charge is 2.27. The number of benzene rings is 1. The van der Waals surface area contributed by atoms with Gasteiger partial charge in [-0.25, -0.2) is 0 Å². The molecule has 3 heterocycles. The minimum absolute atomic E-state index is 0.0266. The molecule has 7 nitrogen and oxygen atoms in total. The van der Waals surface area contributed by atoms with Crippen LogP contribution in [0.4, 0.5) is 0 Å². The van der Waals surface area contributed by atoms with E-state index in [1.165, 1.54) is 17.1 Å². The summed E-state index contributed by atoms with van der Waals surface area (Å²) in [5, 5.41) is 8.79. The van der Waals surface area contributed by atoms with E-state index >= 15 is 0 Å². The molecule has 8 heteroatoms. The number of hydrogen-bond donors (Lipinski definition) is 1. The number of piperidine rings is 1. The number of carbonyl (C=O) groups is 2. The van der Waals surface area contributed by atoms with Crippen LogP contribution in [0.25, 0.3) is 0 Å². The van der Waals surface area contributed by atoms with Crippen molar-refractivity contribution in [3.8, 4) is 0 Å². The van der Waals surface area contributed by atoms with E-state index in [1.807, 2.05) is 11.0 Å². The number of aromatic nitrogens is 2. The second-order valence-corrected chi connectivity index (χ2v) is 8.95. The van der Waals surface area contributed by atoms with Crippen molar-refractivity contribution in [3.05, 3.63) is 47.0 Å². The van der Waals surface area contributed by atoms with Crippen molar-refractivity contribution in [2.75, 3.05) is 26.2 Å². The first-order chi connectivity index (χ1) is 14.7. The van der Waals surface area contributed by atoms with Crippen molar-refractivity contribution < 1.29 is 9.59 Å². The fourth-order valence-corrected chi connectivity index (χ4v) is 4.85. The Hall–Kier alpha value is -2.32. The zero-order valence-corrected chi connectivity index (χ0v) is 18.0. The van der Waals surface area contributed by atoms with Gasteiger partial charge >= 0.3 is 0 Å². The Bertz CT molecular complexity index is 821. The maximum Gasteiger partial charge on any atom is 0.275 e. The average Bonchev–Trinajstić information content (AvgIpc) is 3.45. The highest BCUT2D eigenvalue weighted by molar-refractivity contribution is 7.03. The van der Waals surface area contributed by atoms with Gasteiger partial charge in [0.05, 0.1) is 0 Å². The third kappa shape index (κ3) is 5.64. The largest absolute Gasteiger partial charge is 0.352 e. The first-order valence-electron chi connectivity index (χ1n) is 10.8. The Balaban J connectivity index is 1.13. The highest BCUT2D eigenvalue weighted by atomic mass is 32.1.